The lowest BCUT2D eigenvalue weighted by Gasteiger charge is -2.11. The second-order valence-electron chi connectivity index (χ2n) is 4.14. The van der Waals surface area contributed by atoms with Crippen LogP contribution < -0.4 is 11.1 Å². The summed E-state index contributed by atoms with van der Waals surface area (Å²) in [5, 5.41) is 2.80. The van der Waals surface area contributed by atoms with Gasteiger partial charge in [-0.1, -0.05) is 0 Å². The Bertz CT molecular complexity index is 575. The summed E-state index contributed by atoms with van der Waals surface area (Å²) in [4.78, 5) is 20.2. The number of rotatable bonds is 5. The highest BCUT2D eigenvalue weighted by Crippen LogP contribution is 2.15. The van der Waals surface area contributed by atoms with Crippen LogP contribution in [-0.2, 0) is 4.79 Å². The minimum absolute atomic E-state index is 0.169. The van der Waals surface area contributed by atoms with Crippen molar-refractivity contribution in [1.29, 1.82) is 0 Å². The van der Waals surface area contributed by atoms with Gasteiger partial charge in [0.15, 0.2) is 0 Å². The number of carbonyl (C=O) groups is 1. The second-order valence-corrected chi connectivity index (χ2v) is 5.12. The van der Waals surface area contributed by atoms with Crippen molar-refractivity contribution in [3.63, 3.8) is 0 Å². The molecular weight excluding hydrogens is 260 g/mol. The van der Waals surface area contributed by atoms with Crippen molar-refractivity contribution in [3.8, 4) is 0 Å². The molecule has 0 aliphatic carbocycles. The first kappa shape index (κ1) is 13.8. The van der Waals surface area contributed by atoms with Crippen LogP contribution in [0.1, 0.15) is 6.42 Å². The van der Waals surface area contributed by atoms with Crippen molar-refractivity contribution in [2.45, 2.75) is 12.5 Å². The number of aromatic nitrogens is 2. The number of thioether (sulfide) groups is 1. The highest BCUT2D eigenvalue weighted by atomic mass is 32.2. The van der Waals surface area contributed by atoms with E-state index in [0.29, 0.717) is 12.1 Å². The lowest BCUT2D eigenvalue weighted by Crippen LogP contribution is -2.36. The molecule has 1 aromatic heterocycles. The number of fused-ring (bicyclic) bond motifs is 1. The fourth-order valence-corrected chi connectivity index (χ4v) is 2.14. The maximum atomic E-state index is 11.9. The number of hydrogen-bond acceptors (Lipinski definition) is 5. The summed E-state index contributed by atoms with van der Waals surface area (Å²) < 4.78 is 0. The molecule has 3 N–H and O–H groups in total. The summed E-state index contributed by atoms with van der Waals surface area (Å²) >= 11 is 1.68. The Balaban J connectivity index is 2.06. The highest BCUT2D eigenvalue weighted by Gasteiger charge is 2.13. The molecule has 6 heteroatoms. The SMILES string of the molecule is CSCC[C@H](N)C(=O)Nc1ccc2nccnc2c1. The van der Waals surface area contributed by atoms with E-state index in [9.17, 15) is 4.79 Å². The predicted octanol–water partition coefficient (Wildman–Crippen LogP) is 1.65. The molecule has 2 rings (SSSR count). The number of carbonyl (C=O) groups excluding carboxylic acids is 1. The molecule has 0 fully saturated rings. The molecular formula is C13H16N4OS. The van der Waals surface area contributed by atoms with Gasteiger partial charge in [0.25, 0.3) is 0 Å². The minimum Gasteiger partial charge on any atom is -0.325 e. The van der Waals surface area contributed by atoms with Gasteiger partial charge in [0.1, 0.15) is 0 Å². The van der Waals surface area contributed by atoms with Crippen LogP contribution in [0.3, 0.4) is 0 Å². The molecule has 1 atom stereocenters. The van der Waals surface area contributed by atoms with E-state index in [-0.39, 0.29) is 5.91 Å². The number of nitrogens with two attached hydrogens (primary N) is 1. The molecule has 0 unspecified atom stereocenters. The summed E-state index contributed by atoms with van der Waals surface area (Å²) in [7, 11) is 0. The van der Waals surface area contributed by atoms with E-state index in [2.05, 4.69) is 15.3 Å². The zero-order valence-electron chi connectivity index (χ0n) is 10.7. The van der Waals surface area contributed by atoms with Crippen molar-refractivity contribution in [2.24, 2.45) is 5.73 Å². The fourth-order valence-electron chi connectivity index (χ4n) is 1.65. The van der Waals surface area contributed by atoms with Crippen LogP contribution in [0.15, 0.2) is 30.6 Å². The molecule has 0 bridgehead atoms. The summed E-state index contributed by atoms with van der Waals surface area (Å²) in [5.41, 5.74) is 8.05. The molecule has 5 nitrogen and oxygen atoms in total. The number of benzene rings is 1. The molecule has 0 aliphatic rings. The van der Waals surface area contributed by atoms with E-state index in [1.54, 1.807) is 36.3 Å². The van der Waals surface area contributed by atoms with Crippen LogP contribution in [-0.4, -0.2) is 33.9 Å². The van der Waals surface area contributed by atoms with Gasteiger partial charge in [-0.05, 0) is 36.6 Å². The Morgan fingerprint density at radius 3 is 2.84 bits per heavy atom. The largest absolute Gasteiger partial charge is 0.325 e. The van der Waals surface area contributed by atoms with Gasteiger partial charge in [0.2, 0.25) is 5.91 Å². The van der Waals surface area contributed by atoms with Crippen molar-refractivity contribution >= 4 is 34.4 Å². The third-order valence-corrected chi connectivity index (χ3v) is 3.35. The number of anilines is 1. The fraction of sp³-hybridized carbons (Fsp3) is 0.308. The van der Waals surface area contributed by atoms with E-state index in [4.69, 9.17) is 5.73 Å². The molecule has 0 saturated carbocycles. The van der Waals surface area contributed by atoms with Crippen LogP contribution in [0.4, 0.5) is 5.69 Å². The first-order valence-corrected chi connectivity index (χ1v) is 7.36. The summed E-state index contributed by atoms with van der Waals surface area (Å²) in [5.74, 6) is 0.704. The first-order chi connectivity index (χ1) is 9.20. The number of hydrogen-bond donors (Lipinski definition) is 2. The molecule has 0 spiro atoms. The van der Waals surface area contributed by atoms with E-state index < -0.39 is 6.04 Å². The second kappa shape index (κ2) is 6.49. The molecule has 0 saturated heterocycles. The van der Waals surface area contributed by atoms with Crippen LogP contribution in [0, 0.1) is 0 Å². The van der Waals surface area contributed by atoms with Gasteiger partial charge in [-0.15, -0.1) is 0 Å². The third-order valence-electron chi connectivity index (χ3n) is 2.71. The maximum Gasteiger partial charge on any atom is 0.241 e. The predicted molar refractivity (Wildman–Crippen MR) is 79.1 cm³/mol. The van der Waals surface area contributed by atoms with E-state index in [1.165, 1.54) is 0 Å². The molecule has 19 heavy (non-hydrogen) atoms. The van der Waals surface area contributed by atoms with Gasteiger partial charge in [-0.2, -0.15) is 11.8 Å². The van der Waals surface area contributed by atoms with Crippen molar-refractivity contribution in [2.75, 3.05) is 17.3 Å². The Morgan fingerprint density at radius 2 is 2.11 bits per heavy atom. The molecule has 0 radical (unpaired) electrons. The zero-order chi connectivity index (χ0) is 13.7. The van der Waals surface area contributed by atoms with Crippen molar-refractivity contribution < 1.29 is 4.79 Å². The lowest BCUT2D eigenvalue weighted by atomic mass is 10.2. The van der Waals surface area contributed by atoms with Crippen molar-refractivity contribution in [1.82, 2.24) is 9.97 Å². The Labute approximate surface area is 116 Å². The third kappa shape index (κ3) is 3.65. The Hall–Kier alpha value is -1.66. The smallest absolute Gasteiger partial charge is 0.241 e. The lowest BCUT2D eigenvalue weighted by molar-refractivity contribution is -0.117. The topological polar surface area (TPSA) is 80.9 Å². The Kier molecular flexibility index (Phi) is 4.70. The average Bonchev–Trinajstić information content (AvgIpc) is 2.44. The van der Waals surface area contributed by atoms with Gasteiger partial charge in [0, 0.05) is 18.1 Å². The average molecular weight is 276 g/mol. The molecule has 1 aromatic carbocycles. The quantitative estimate of drug-likeness (QED) is 0.868. The molecule has 1 heterocycles. The highest BCUT2D eigenvalue weighted by molar-refractivity contribution is 7.98. The molecule has 0 aliphatic heterocycles. The van der Waals surface area contributed by atoms with Gasteiger partial charge in [0.05, 0.1) is 17.1 Å². The van der Waals surface area contributed by atoms with Gasteiger partial charge >= 0.3 is 0 Å². The Morgan fingerprint density at radius 1 is 1.37 bits per heavy atom. The summed E-state index contributed by atoms with van der Waals surface area (Å²) in [6.07, 6.45) is 5.92. The van der Waals surface area contributed by atoms with E-state index in [1.807, 2.05) is 12.3 Å². The summed E-state index contributed by atoms with van der Waals surface area (Å²) in [6, 6.07) is 4.94. The standard InChI is InChI=1S/C13H16N4OS/c1-19-7-4-10(14)13(18)17-9-2-3-11-12(8-9)16-6-5-15-11/h2-3,5-6,8,10H,4,7,14H2,1H3,(H,17,18)/t10-/m0/s1. The normalized spacial score (nSPS) is 12.3. The first-order valence-electron chi connectivity index (χ1n) is 5.97. The number of nitrogens with one attached hydrogen (secondary N) is 1. The molecule has 2 aromatic rings. The monoisotopic (exact) mass is 276 g/mol. The summed E-state index contributed by atoms with van der Waals surface area (Å²) in [6.45, 7) is 0. The van der Waals surface area contributed by atoms with E-state index >= 15 is 0 Å². The number of nitrogens with zero attached hydrogens (tertiary/aromatic N) is 2. The van der Waals surface area contributed by atoms with E-state index in [0.717, 1.165) is 16.8 Å². The maximum absolute atomic E-state index is 11.9. The minimum atomic E-state index is -0.481. The van der Waals surface area contributed by atoms with Gasteiger partial charge in [-0.3, -0.25) is 14.8 Å². The van der Waals surface area contributed by atoms with Gasteiger partial charge < -0.3 is 11.1 Å². The molecule has 1 amide bonds. The van der Waals surface area contributed by atoms with Crippen LogP contribution in [0.2, 0.25) is 0 Å². The van der Waals surface area contributed by atoms with Crippen LogP contribution in [0.5, 0.6) is 0 Å². The number of amides is 1. The van der Waals surface area contributed by atoms with Crippen LogP contribution >= 0.6 is 11.8 Å². The van der Waals surface area contributed by atoms with Crippen LogP contribution in [0.25, 0.3) is 11.0 Å². The van der Waals surface area contributed by atoms with Gasteiger partial charge in [-0.25, -0.2) is 0 Å². The van der Waals surface area contributed by atoms with Crippen molar-refractivity contribution in [3.05, 3.63) is 30.6 Å². The molecule has 100 valence electrons. The zero-order valence-corrected chi connectivity index (χ0v) is 11.5.